The Morgan fingerprint density at radius 1 is 0.625 bits per heavy atom. The zero-order valence-corrected chi connectivity index (χ0v) is 16.1. The maximum absolute atomic E-state index is 13.7. The third-order valence-electron chi connectivity index (χ3n) is 4.51. The highest BCUT2D eigenvalue weighted by Crippen LogP contribution is 2.33. The molecule has 0 heterocycles. The number of hydrogen-bond donors (Lipinski definition) is 2. The molecule has 4 aromatic rings. The second-order valence-electron chi connectivity index (χ2n) is 6.67. The number of carbonyl (C=O) groups is 1. The van der Waals surface area contributed by atoms with Gasteiger partial charge in [-0.15, -0.1) is 0 Å². The second kappa shape index (κ2) is 8.54. The Bertz CT molecular complexity index is 1300. The molecular formula is C23H13F5N2O2. The summed E-state index contributed by atoms with van der Waals surface area (Å²) in [5.74, 6) is -12.3. The van der Waals surface area contributed by atoms with E-state index in [1.165, 1.54) is 24.3 Å². The molecule has 0 saturated heterocycles. The van der Waals surface area contributed by atoms with E-state index in [1.54, 1.807) is 12.1 Å². The lowest BCUT2D eigenvalue weighted by molar-refractivity contribution is 0.262. The van der Waals surface area contributed by atoms with Crippen LogP contribution in [-0.2, 0) is 0 Å². The fraction of sp³-hybridized carbons (Fsp3) is 0. The highest BCUT2D eigenvalue weighted by Gasteiger charge is 2.27. The van der Waals surface area contributed by atoms with Crippen LogP contribution in [0.5, 0.6) is 11.5 Å². The summed E-state index contributed by atoms with van der Waals surface area (Å²) in [6.07, 6.45) is 0. The van der Waals surface area contributed by atoms with Crippen LogP contribution in [0, 0.1) is 29.1 Å². The number of amides is 2. The van der Waals surface area contributed by atoms with Crippen molar-refractivity contribution in [1.82, 2.24) is 0 Å². The zero-order chi connectivity index (χ0) is 22.8. The molecule has 0 radical (unpaired) electrons. The first-order valence-corrected chi connectivity index (χ1v) is 9.19. The van der Waals surface area contributed by atoms with Crippen LogP contribution < -0.4 is 15.4 Å². The predicted octanol–water partition coefficient (Wildman–Crippen LogP) is 6.97. The van der Waals surface area contributed by atoms with Crippen LogP contribution in [-0.4, -0.2) is 6.03 Å². The number of anilines is 2. The second-order valence-corrected chi connectivity index (χ2v) is 6.67. The molecule has 9 heteroatoms. The standard InChI is InChI=1S/C23H13F5N2O2/c24-17-18(25)20(27)22(21(28)19(17)26)32-16-9-7-14(8-10-16)29-23(31)30-15-6-5-12-3-1-2-4-13(12)11-15/h1-11H,(H2,29,30,31). The van der Waals surface area contributed by atoms with Crippen molar-refractivity contribution in [2.75, 3.05) is 10.6 Å². The van der Waals surface area contributed by atoms with Crippen LogP contribution in [0.15, 0.2) is 66.7 Å². The zero-order valence-electron chi connectivity index (χ0n) is 16.1. The molecule has 0 aliphatic rings. The van der Waals surface area contributed by atoms with Gasteiger partial charge in [0.05, 0.1) is 0 Å². The number of nitrogens with one attached hydrogen (secondary N) is 2. The first-order chi connectivity index (χ1) is 15.3. The van der Waals surface area contributed by atoms with Crippen LogP contribution in [0.2, 0.25) is 0 Å². The summed E-state index contributed by atoms with van der Waals surface area (Å²) in [4.78, 5) is 12.2. The molecule has 4 nitrogen and oxygen atoms in total. The molecule has 2 amide bonds. The molecule has 4 aromatic carbocycles. The molecule has 0 unspecified atom stereocenters. The van der Waals surface area contributed by atoms with Gasteiger partial charge in [0.15, 0.2) is 0 Å². The van der Waals surface area contributed by atoms with E-state index < -0.39 is 40.9 Å². The molecule has 0 aliphatic carbocycles. The average Bonchev–Trinajstić information content (AvgIpc) is 2.80. The lowest BCUT2D eigenvalue weighted by atomic mass is 10.1. The molecule has 0 atom stereocenters. The van der Waals surface area contributed by atoms with Gasteiger partial charge in [0.25, 0.3) is 0 Å². The van der Waals surface area contributed by atoms with E-state index in [4.69, 9.17) is 4.74 Å². The van der Waals surface area contributed by atoms with E-state index in [9.17, 15) is 26.7 Å². The van der Waals surface area contributed by atoms with Crippen LogP contribution >= 0.6 is 0 Å². The van der Waals surface area contributed by atoms with Crippen molar-refractivity contribution in [3.8, 4) is 11.5 Å². The highest BCUT2D eigenvalue weighted by molar-refractivity contribution is 6.01. The third-order valence-corrected chi connectivity index (χ3v) is 4.51. The van der Waals surface area contributed by atoms with Crippen LogP contribution in [0.25, 0.3) is 10.8 Å². The van der Waals surface area contributed by atoms with Gasteiger partial charge in [-0.3, -0.25) is 0 Å². The molecule has 0 aliphatic heterocycles. The van der Waals surface area contributed by atoms with E-state index in [0.29, 0.717) is 11.4 Å². The molecule has 0 saturated carbocycles. The topological polar surface area (TPSA) is 50.4 Å². The highest BCUT2D eigenvalue weighted by atomic mass is 19.2. The molecule has 162 valence electrons. The van der Waals surface area contributed by atoms with Crippen molar-refractivity contribution < 1.29 is 31.5 Å². The number of urea groups is 1. The van der Waals surface area contributed by atoms with Crippen molar-refractivity contribution in [3.05, 3.63) is 95.8 Å². The first kappa shape index (κ1) is 21.1. The Balaban J connectivity index is 1.44. The van der Waals surface area contributed by atoms with E-state index >= 15 is 0 Å². The summed E-state index contributed by atoms with van der Waals surface area (Å²) in [7, 11) is 0. The summed E-state index contributed by atoms with van der Waals surface area (Å²) in [6, 6.07) is 17.5. The van der Waals surface area contributed by atoms with E-state index in [0.717, 1.165) is 10.8 Å². The Labute approximate surface area is 178 Å². The number of halogens is 5. The van der Waals surface area contributed by atoms with Crippen molar-refractivity contribution in [3.63, 3.8) is 0 Å². The summed E-state index contributed by atoms with van der Waals surface area (Å²) in [5, 5.41) is 7.19. The molecule has 0 bridgehead atoms. The quantitative estimate of drug-likeness (QED) is 0.203. The van der Waals surface area contributed by atoms with Crippen molar-refractivity contribution in [1.29, 1.82) is 0 Å². The number of ether oxygens (including phenoxy) is 1. The normalized spacial score (nSPS) is 10.8. The van der Waals surface area contributed by atoms with Gasteiger partial charge in [-0.05, 0) is 47.2 Å². The molecule has 32 heavy (non-hydrogen) atoms. The van der Waals surface area contributed by atoms with Crippen molar-refractivity contribution in [2.45, 2.75) is 0 Å². The van der Waals surface area contributed by atoms with Crippen molar-refractivity contribution in [2.24, 2.45) is 0 Å². The van der Waals surface area contributed by atoms with Gasteiger partial charge in [-0.2, -0.15) is 8.78 Å². The SMILES string of the molecule is O=C(Nc1ccc(Oc2c(F)c(F)c(F)c(F)c2F)cc1)Nc1ccc2ccccc2c1. The van der Waals surface area contributed by atoms with E-state index in [2.05, 4.69) is 10.6 Å². The van der Waals surface area contributed by atoms with E-state index in [1.807, 2.05) is 30.3 Å². The van der Waals surface area contributed by atoms with Gasteiger partial charge >= 0.3 is 6.03 Å². The average molecular weight is 444 g/mol. The molecule has 0 fully saturated rings. The number of fused-ring (bicyclic) bond motifs is 1. The van der Waals surface area contributed by atoms with Crippen molar-refractivity contribution >= 4 is 28.2 Å². The lowest BCUT2D eigenvalue weighted by Gasteiger charge is -2.11. The molecule has 0 spiro atoms. The van der Waals surface area contributed by atoms with Gasteiger partial charge in [0.1, 0.15) is 5.75 Å². The van der Waals surface area contributed by atoms with Crippen LogP contribution in [0.1, 0.15) is 0 Å². The number of rotatable bonds is 4. The molecular weight excluding hydrogens is 431 g/mol. The Morgan fingerprint density at radius 3 is 1.81 bits per heavy atom. The number of carbonyl (C=O) groups excluding carboxylic acids is 1. The minimum absolute atomic E-state index is 0.200. The summed E-state index contributed by atoms with van der Waals surface area (Å²) in [6.45, 7) is 0. The third kappa shape index (κ3) is 4.18. The Morgan fingerprint density at radius 2 is 1.16 bits per heavy atom. The van der Waals surface area contributed by atoms with Gasteiger partial charge in [0.2, 0.25) is 34.8 Å². The Hall–Kier alpha value is -4.14. The predicted molar refractivity (Wildman–Crippen MR) is 109 cm³/mol. The maximum Gasteiger partial charge on any atom is 0.323 e. The van der Waals surface area contributed by atoms with Gasteiger partial charge in [-0.1, -0.05) is 30.3 Å². The van der Waals surface area contributed by atoms with Crippen LogP contribution in [0.4, 0.5) is 38.1 Å². The number of hydrogen-bond acceptors (Lipinski definition) is 2. The van der Waals surface area contributed by atoms with E-state index in [-0.39, 0.29) is 5.75 Å². The Kier molecular flexibility index (Phi) is 5.63. The van der Waals surface area contributed by atoms with Gasteiger partial charge in [0, 0.05) is 11.4 Å². The smallest absolute Gasteiger partial charge is 0.323 e. The minimum Gasteiger partial charge on any atom is -0.451 e. The number of benzene rings is 4. The fourth-order valence-electron chi connectivity index (χ4n) is 2.96. The summed E-state index contributed by atoms with van der Waals surface area (Å²) < 4.78 is 72.0. The lowest BCUT2D eigenvalue weighted by Crippen LogP contribution is -2.19. The summed E-state index contributed by atoms with van der Waals surface area (Å²) >= 11 is 0. The first-order valence-electron chi connectivity index (χ1n) is 9.19. The summed E-state index contributed by atoms with van der Waals surface area (Å²) in [5.41, 5.74) is 0.862. The molecule has 4 rings (SSSR count). The largest absolute Gasteiger partial charge is 0.451 e. The monoisotopic (exact) mass is 444 g/mol. The van der Waals surface area contributed by atoms with Gasteiger partial charge in [-0.25, -0.2) is 18.0 Å². The van der Waals surface area contributed by atoms with Gasteiger partial charge < -0.3 is 15.4 Å². The molecule has 0 aromatic heterocycles. The minimum atomic E-state index is -2.27. The maximum atomic E-state index is 13.7. The molecule has 2 N–H and O–H groups in total. The van der Waals surface area contributed by atoms with Crippen LogP contribution in [0.3, 0.4) is 0 Å². The fourth-order valence-corrected chi connectivity index (χ4v) is 2.96.